The molecule has 1 amide bonds. The summed E-state index contributed by atoms with van der Waals surface area (Å²) < 4.78 is 0. The van der Waals surface area contributed by atoms with Gasteiger partial charge in [0.15, 0.2) is 0 Å². The largest absolute Gasteiger partial charge is 0.356 e. The Balaban J connectivity index is 0.00000264. The summed E-state index contributed by atoms with van der Waals surface area (Å²) in [5.74, 6) is 1.39. The van der Waals surface area contributed by atoms with Gasteiger partial charge in [0.1, 0.15) is 0 Å². The van der Waals surface area contributed by atoms with Crippen molar-refractivity contribution in [3.8, 4) is 0 Å². The lowest BCUT2D eigenvalue weighted by Crippen LogP contribution is -2.34. The molecular formula is C19H31ClN2O. The molecule has 0 aliphatic carbocycles. The van der Waals surface area contributed by atoms with E-state index in [9.17, 15) is 4.79 Å². The molecule has 1 unspecified atom stereocenters. The molecule has 1 aliphatic heterocycles. The molecular weight excluding hydrogens is 308 g/mol. The first-order valence-corrected chi connectivity index (χ1v) is 8.60. The van der Waals surface area contributed by atoms with Crippen molar-refractivity contribution >= 4 is 18.3 Å². The Kier molecular flexibility index (Phi) is 8.64. The molecule has 0 saturated carbocycles. The molecule has 2 N–H and O–H groups in total. The van der Waals surface area contributed by atoms with Crippen LogP contribution in [0.25, 0.3) is 0 Å². The van der Waals surface area contributed by atoms with Crippen molar-refractivity contribution in [2.45, 2.75) is 46.5 Å². The smallest absolute Gasteiger partial charge is 0.220 e. The topological polar surface area (TPSA) is 41.1 Å². The number of piperidine rings is 1. The van der Waals surface area contributed by atoms with Crippen LogP contribution in [0.1, 0.15) is 42.9 Å². The third kappa shape index (κ3) is 6.15. The maximum Gasteiger partial charge on any atom is 0.220 e. The predicted octanol–water partition coefficient (Wildman–Crippen LogP) is 3.41. The van der Waals surface area contributed by atoms with E-state index in [0.29, 0.717) is 18.3 Å². The second-order valence-corrected chi connectivity index (χ2v) is 6.74. The van der Waals surface area contributed by atoms with Crippen LogP contribution >= 0.6 is 12.4 Å². The summed E-state index contributed by atoms with van der Waals surface area (Å²) in [7, 11) is 0. The van der Waals surface area contributed by atoms with Crippen LogP contribution in [0.15, 0.2) is 18.2 Å². The van der Waals surface area contributed by atoms with Crippen LogP contribution in [0.2, 0.25) is 0 Å². The third-order valence-corrected chi connectivity index (χ3v) is 5.04. The molecule has 0 spiro atoms. The number of benzene rings is 1. The van der Waals surface area contributed by atoms with E-state index in [1.54, 1.807) is 0 Å². The van der Waals surface area contributed by atoms with Crippen LogP contribution in [-0.2, 0) is 11.2 Å². The number of carbonyl (C=O) groups is 1. The zero-order chi connectivity index (χ0) is 15.9. The van der Waals surface area contributed by atoms with Gasteiger partial charge in [-0.15, -0.1) is 12.4 Å². The Morgan fingerprint density at radius 2 is 1.87 bits per heavy atom. The molecule has 2 rings (SSSR count). The lowest BCUT2D eigenvalue weighted by Gasteiger charge is -2.27. The van der Waals surface area contributed by atoms with E-state index in [2.05, 4.69) is 49.6 Å². The molecule has 1 saturated heterocycles. The molecule has 0 bridgehead atoms. The van der Waals surface area contributed by atoms with E-state index >= 15 is 0 Å². The summed E-state index contributed by atoms with van der Waals surface area (Å²) in [6.07, 6.45) is 4.00. The maximum absolute atomic E-state index is 12.1. The summed E-state index contributed by atoms with van der Waals surface area (Å²) >= 11 is 0. The minimum Gasteiger partial charge on any atom is -0.356 e. The highest BCUT2D eigenvalue weighted by molar-refractivity contribution is 5.85. The van der Waals surface area contributed by atoms with Crippen molar-refractivity contribution in [3.05, 3.63) is 34.9 Å². The standard InChI is InChI=1S/C19H30N2O.ClH/c1-14-5-4-6-15(2)18(14)9-12-21-19(22)13-16(3)17-7-10-20-11-8-17;/h4-6,16-17,20H,7-13H2,1-3H3,(H,21,22);1H. The Bertz CT molecular complexity index is 478. The van der Waals surface area contributed by atoms with Crippen molar-refractivity contribution in [2.75, 3.05) is 19.6 Å². The van der Waals surface area contributed by atoms with E-state index in [1.807, 2.05) is 0 Å². The van der Waals surface area contributed by atoms with E-state index in [4.69, 9.17) is 0 Å². The quantitative estimate of drug-likeness (QED) is 0.834. The van der Waals surface area contributed by atoms with Crippen LogP contribution in [0, 0.1) is 25.7 Å². The van der Waals surface area contributed by atoms with Crippen LogP contribution < -0.4 is 10.6 Å². The number of halogens is 1. The minimum absolute atomic E-state index is 0. The van der Waals surface area contributed by atoms with Crippen LogP contribution in [0.4, 0.5) is 0 Å². The number of rotatable bonds is 6. The van der Waals surface area contributed by atoms with E-state index in [1.165, 1.54) is 29.5 Å². The molecule has 1 aliphatic rings. The zero-order valence-corrected chi connectivity index (χ0v) is 15.5. The van der Waals surface area contributed by atoms with Gasteiger partial charge in [-0.2, -0.15) is 0 Å². The van der Waals surface area contributed by atoms with Gasteiger partial charge in [-0.05, 0) is 74.7 Å². The monoisotopic (exact) mass is 338 g/mol. The predicted molar refractivity (Wildman–Crippen MR) is 99.3 cm³/mol. The summed E-state index contributed by atoms with van der Waals surface area (Å²) in [5.41, 5.74) is 4.00. The first-order valence-electron chi connectivity index (χ1n) is 8.60. The summed E-state index contributed by atoms with van der Waals surface area (Å²) in [5, 5.41) is 6.49. The van der Waals surface area contributed by atoms with Crippen LogP contribution in [0.3, 0.4) is 0 Å². The molecule has 1 atom stereocenters. The number of nitrogens with one attached hydrogen (secondary N) is 2. The van der Waals surface area contributed by atoms with Crippen LogP contribution in [0.5, 0.6) is 0 Å². The van der Waals surface area contributed by atoms with Crippen molar-refractivity contribution in [1.29, 1.82) is 0 Å². The lowest BCUT2D eigenvalue weighted by molar-refractivity contribution is -0.122. The molecule has 1 aromatic carbocycles. The Morgan fingerprint density at radius 3 is 2.48 bits per heavy atom. The number of hydrogen-bond acceptors (Lipinski definition) is 2. The maximum atomic E-state index is 12.1. The molecule has 3 nitrogen and oxygen atoms in total. The number of hydrogen-bond donors (Lipinski definition) is 2. The number of carbonyl (C=O) groups excluding carboxylic acids is 1. The van der Waals surface area contributed by atoms with Crippen molar-refractivity contribution < 1.29 is 4.79 Å². The van der Waals surface area contributed by atoms with Gasteiger partial charge in [0.2, 0.25) is 5.91 Å². The van der Waals surface area contributed by atoms with Gasteiger partial charge >= 0.3 is 0 Å². The van der Waals surface area contributed by atoms with E-state index in [-0.39, 0.29) is 18.3 Å². The van der Waals surface area contributed by atoms with Crippen molar-refractivity contribution in [2.24, 2.45) is 11.8 Å². The van der Waals surface area contributed by atoms with Gasteiger partial charge in [0.05, 0.1) is 0 Å². The Morgan fingerprint density at radius 1 is 1.26 bits per heavy atom. The Labute approximate surface area is 147 Å². The molecule has 0 aromatic heterocycles. The zero-order valence-electron chi connectivity index (χ0n) is 14.7. The summed E-state index contributed by atoms with van der Waals surface area (Å²) in [6.45, 7) is 9.45. The van der Waals surface area contributed by atoms with Gasteiger partial charge < -0.3 is 10.6 Å². The SMILES string of the molecule is Cc1cccc(C)c1CCNC(=O)CC(C)C1CCNCC1.Cl. The van der Waals surface area contributed by atoms with Crippen molar-refractivity contribution in [3.63, 3.8) is 0 Å². The van der Waals surface area contributed by atoms with E-state index in [0.717, 1.165) is 26.1 Å². The second kappa shape index (κ2) is 9.94. The number of amides is 1. The average Bonchev–Trinajstić information content (AvgIpc) is 2.51. The highest BCUT2D eigenvalue weighted by Gasteiger charge is 2.21. The fourth-order valence-electron chi connectivity index (χ4n) is 3.51. The first kappa shape index (κ1) is 20.0. The fraction of sp³-hybridized carbons (Fsp3) is 0.632. The van der Waals surface area contributed by atoms with Gasteiger partial charge in [-0.25, -0.2) is 0 Å². The third-order valence-electron chi connectivity index (χ3n) is 5.04. The van der Waals surface area contributed by atoms with Gasteiger partial charge in [0.25, 0.3) is 0 Å². The highest BCUT2D eigenvalue weighted by Crippen LogP contribution is 2.24. The first-order chi connectivity index (χ1) is 10.6. The van der Waals surface area contributed by atoms with Gasteiger partial charge in [-0.3, -0.25) is 4.79 Å². The molecule has 0 radical (unpaired) electrons. The van der Waals surface area contributed by atoms with Gasteiger partial charge in [-0.1, -0.05) is 25.1 Å². The summed E-state index contributed by atoms with van der Waals surface area (Å²) in [6, 6.07) is 6.38. The number of aryl methyl sites for hydroxylation is 2. The summed E-state index contributed by atoms with van der Waals surface area (Å²) in [4.78, 5) is 12.1. The second-order valence-electron chi connectivity index (χ2n) is 6.74. The average molecular weight is 339 g/mol. The highest BCUT2D eigenvalue weighted by atomic mass is 35.5. The molecule has 130 valence electrons. The van der Waals surface area contributed by atoms with Gasteiger partial charge in [0, 0.05) is 13.0 Å². The normalized spacial score (nSPS) is 16.5. The van der Waals surface area contributed by atoms with Crippen molar-refractivity contribution in [1.82, 2.24) is 10.6 Å². The lowest BCUT2D eigenvalue weighted by atomic mass is 9.84. The minimum atomic E-state index is 0. The van der Waals surface area contributed by atoms with E-state index < -0.39 is 0 Å². The van der Waals surface area contributed by atoms with Crippen LogP contribution in [-0.4, -0.2) is 25.5 Å². The molecule has 4 heteroatoms. The fourth-order valence-corrected chi connectivity index (χ4v) is 3.51. The molecule has 1 fully saturated rings. The molecule has 23 heavy (non-hydrogen) atoms. The Hall–Kier alpha value is -1.06. The molecule has 1 aromatic rings. The molecule has 1 heterocycles.